The predicted molar refractivity (Wildman–Crippen MR) is 171 cm³/mol. The van der Waals surface area contributed by atoms with Gasteiger partial charge in [-0.25, -0.2) is 4.79 Å². The van der Waals surface area contributed by atoms with Crippen molar-refractivity contribution >= 4 is 35.4 Å². The number of carboxylic acids is 1. The molecular formula is C34H50N4O8. The number of ketones is 1. The van der Waals surface area contributed by atoms with E-state index in [1.54, 1.807) is 24.3 Å². The Labute approximate surface area is 271 Å². The minimum Gasteiger partial charge on any atom is -0.482 e. The molecule has 0 bridgehead atoms. The van der Waals surface area contributed by atoms with Crippen molar-refractivity contribution in [2.75, 3.05) is 6.61 Å². The zero-order valence-electron chi connectivity index (χ0n) is 27.1. The molecule has 2 fully saturated rings. The number of carbonyl (C=O) groups is 6. The summed E-state index contributed by atoms with van der Waals surface area (Å²) in [6, 6.07) is 5.27. The van der Waals surface area contributed by atoms with Crippen LogP contribution in [0.4, 0.5) is 0 Å². The molecule has 0 spiro atoms. The number of benzene rings is 1. The van der Waals surface area contributed by atoms with Crippen LogP contribution in [0.3, 0.4) is 0 Å². The van der Waals surface area contributed by atoms with Gasteiger partial charge in [-0.3, -0.25) is 24.0 Å². The van der Waals surface area contributed by atoms with Gasteiger partial charge >= 0.3 is 5.97 Å². The predicted octanol–water partition coefficient (Wildman–Crippen LogP) is 3.04. The number of carboxylic acid groups (broad SMARTS) is 1. The first-order valence-electron chi connectivity index (χ1n) is 16.6. The molecule has 2 aliphatic heterocycles. The molecule has 12 heteroatoms. The maximum Gasteiger partial charge on any atom is 0.341 e. The normalized spacial score (nSPS) is 20.9. The Morgan fingerprint density at radius 3 is 2.37 bits per heavy atom. The molecule has 46 heavy (non-hydrogen) atoms. The second kappa shape index (κ2) is 18.3. The number of primary amides is 1. The summed E-state index contributed by atoms with van der Waals surface area (Å²) in [6.45, 7) is 2.92. The molecule has 254 valence electrons. The molecule has 12 nitrogen and oxygen atoms in total. The van der Waals surface area contributed by atoms with Gasteiger partial charge in [0.15, 0.2) is 12.4 Å². The Morgan fingerprint density at radius 1 is 1.00 bits per heavy atom. The quantitative estimate of drug-likeness (QED) is 0.188. The molecule has 0 aliphatic carbocycles. The highest BCUT2D eigenvalue weighted by atomic mass is 16.5. The zero-order chi connectivity index (χ0) is 33.6. The molecule has 1 aromatic rings. The highest BCUT2D eigenvalue weighted by molar-refractivity contribution is 5.90. The minimum absolute atomic E-state index is 0.0213. The average Bonchev–Trinajstić information content (AvgIpc) is 3.42. The highest BCUT2D eigenvalue weighted by Gasteiger charge is 2.43. The Balaban J connectivity index is 1.60. The molecule has 0 aromatic heterocycles. The number of amides is 4. The van der Waals surface area contributed by atoms with Gasteiger partial charge in [-0.15, -0.1) is 0 Å². The Kier molecular flexibility index (Phi) is 14.5. The van der Waals surface area contributed by atoms with Crippen LogP contribution in [0.5, 0.6) is 5.75 Å². The summed E-state index contributed by atoms with van der Waals surface area (Å²) >= 11 is 0. The number of carbonyl (C=O) groups excluding carboxylic acids is 5. The van der Waals surface area contributed by atoms with E-state index in [1.807, 2.05) is 11.8 Å². The number of Topliss-reactive ketones (excluding diaryl/α,β-unsaturated/α-hetero) is 1. The van der Waals surface area contributed by atoms with Gasteiger partial charge < -0.3 is 31.1 Å². The lowest BCUT2D eigenvalue weighted by Crippen LogP contribution is -2.53. The van der Waals surface area contributed by atoms with Gasteiger partial charge in [0.25, 0.3) is 0 Å². The first kappa shape index (κ1) is 36.5. The number of nitrogens with one attached hydrogen (secondary N) is 2. The molecule has 3 rings (SSSR count). The highest BCUT2D eigenvalue weighted by Crippen LogP contribution is 2.34. The smallest absolute Gasteiger partial charge is 0.341 e. The van der Waals surface area contributed by atoms with Crippen LogP contribution in [0.1, 0.15) is 103 Å². The van der Waals surface area contributed by atoms with E-state index >= 15 is 0 Å². The number of aliphatic carboxylic acids is 1. The summed E-state index contributed by atoms with van der Waals surface area (Å²) in [5.41, 5.74) is 6.11. The van der Waals surface area contributed by atoms with E-state index < -0.39 is 30.6 Å². The van der Waals surface area contributed by atoms with E-state index in [4.69, 9.17) is 15.6 Å². The second-order valence-corrected chi connectivity index (χ2v) is 12.6. The van der Waals surface area contributed by atoms with Crippen LogP contribution in [-0.2, 0) is 35.2 Å². The van der Waals surface area contributed by atoms with E-state index in [1.165, 1.54) is 6.92 Å². The van der Waals surface area contributed by atoms with Crippen molar-refractivity contribution in [3.8, 4) is 5.75 Å². The monoisotopic (exact) mass is 642 g/mol. The number of hydrogen-bond acceptors (Lipinski definition) is 7. The Bertz CT molecular complexity index is 1220. The van der Waals surface area contributed by atoms with Crippen LogP contribution in [0.15, 0.2) is 24.3 Å². The molecule has 5 atom stereocenters. The second-order valence-electron chi connectivity index (χ2n) is 12.6. The summed E-state index contributed by atoms with van der Waals surface area (Å²) in [5.74, 6) is -2.04. The maximum atomic E-state index is 13.9. The van der Waals surface area contributed by atoms with Gasteiger partial charge in [0, 0.05) is 37.8 Å². The lowest BCUT2D eigenvalue weighted by molar-refractivity contribution is -0.145. The molecule has 0 radical (unpaired) electrons. The fraction of sp³-hybridized carbons (Fsp3) is 0.647. The third-order valence-electron chi connectivity index (χ3n) is 8.94. The summed E-state index contributed by atoms with van der Waals surface area (Å²) in [7, 11) is 0. The van der Waals surface area contributed by atoms with Crippen molar-refractivity contribution in [1.29, 1.82) is 0 Å². The maximum absolute atomic E-state index is 13.9. The molecular weight excluding hydrogens is 592 g/mol. The molecule has 0 saturated carbocycles. The average molecular weight is 643 g/mol. The topological polar surface area (TPSA) is 185 Å². The van der Waals surface area contributed by atoms with Crippen molar-refractivity contribution < 1.29 is 38.6 Å². The SMILES string of the molecule is CCCC(CCC(N)=O)NC(=O)C1CCC2CCCCC(CCCC(=O)C(Cc3ccc(OCC(=O)O)cc3)NC(C)=O)C(=O)N21. The van der Waals surface area contributed by atoms with Crippen molar-refractivity contribution in [2.45, 2.75) is 128 Å². The summed E-state index contributed by atoms with van der Waals surface area (Å²) in [4.78, 5) is 76.4. The largest absolute Gasteiger partial charge is 0.482 e. The summed E-state index contributed by atoms with van der Waals surface area (Å²) in [6.07, 6.45) is 8.54. The van der Waals surface area contributed by atoms with E-state index in [2.05, 4.69) is 10.6 Å². The van der Waals surface area contributed by atoms with Crippen molar-refractivity contribution in [1.82, 2.24) is 15.5 Å². The van der Waals surface area contributed by atoms with Crippen LogP contribution in [0, 0.1) is 5.92 Å². The minimum atomic E-state index is -1.08. The van der Waals surface area contributed by atoms with Crippen molar-refractivity contribution in [2.24, 2.45) is 11.7 Å². The molecule has 4 amide bonds. The molecule has 1 aromatic carbocycles. The van der Waals surface area contributed by atoms with Gasteiger partial charge in [-0.2, -0.15) is 0 Å². The molecule has 5 N–H and O–H groups in total. The van der Waals surface area contributed by atoms with E-state index in [-0.39, 0.29) is 60.8 Å². The fourth-order valence-electron chi connectivity index (χ4n) is 6.67. The van der Waals surface area contributed by atoms with E-state index in [9.17, 15) is 28.8 Å². The first-order valence-corrected chi connectivity index (χ1v) is 16.6. The summed E-state index contributed by atoms with van der Waals surface area (Å²) < 4.78 is 5.16. The van der Waals surface area contributed by atoms with Gasteiger partial charge in [0.1, 0.15) is 11.8 Å². The number of nitrogens with two attached hydrogens (primary N) is 1. The number of hydrogen-bond donors (Lipinski definition) is 4. The fourth-order valence-corrected chi connectivity index (χ4v) is 6.67. The Morgan fingerprint density at radius 2 is 1.72 bits per heavy atom. The zero-order valence-corrected chi connectivity index (χ0v) is 27.1. The molecule has 2 heterocycles. The number of rotatable bonds is 18. The molecule has 2 saturated heterocycles. The number of nitrogens with zero attached hydrogens (tertiary/aromatic N) is 1. The van der Waals surface area contributed by atoms with Crippen LogP contribution in [0.2, 0.25) is 0 Å². The van der Waals surface area contributed by atoms with Gasteiger partial charge in [0.05, 0.1) is 6.04 Å². The standard InChI is InChI=1S/C34H50N4O8/c1-3-7-25(14-19-31(35)41)37-33(44)29-18-15-26-10-5-4-8-24(34(45)38(26)29)9-6-11-30(40)28(36-22(2)39)20-23-12-16-27(17-13-23)46-21-32(42)43/h12-13,16-17,24-26,28-29H,3-11,14-15,18-21H2,1-2H3,(H2,35,41)(H,36,39)(H,37,44)(H,42,43). The van der Waals surface area contributed by atoms with Gasteiger partial charge in [0.2, 0.25) is 23.6 Å². The number of ether oxygens (including phenoxy) is 1. The third kappa shape index (κ3) is 11.4. The number of fused-ring (bicyclic) bond motifs is 1. The van der Waals surface area contributed by atoms with Gasteiger partial charge in [-0.1, -0.05) is 38.3 Å². The lowest BCUT2D eigenvalue weighted by Gasteiger charge is -2.35. The first-order chi connectivity index (χ1) is 22.0. The van der Waals surface area contributed by atoms with E-state index in [0.717, 1.165) is 44.1 Å². The van der Waals surface area contributed by atoms with Crippen LogP contribution in [-0.4, -0.2) is 76.2 Å². The Hall–Kier alpha value is -3.96. The van der Waals surface area contributed by atoms with Crippen LogP contribution in [0.25, 0.3) is 0 Å². The van der Waals surface area contributed by atoms with E-state index in [0.29, 0.717) is 37.9 Å². The lowest BCUT2D eigenvalue weighted by atomic mass is 9.89. The molecule has 2 aliphatic rings. The molecule has 5 unspecified atom stereocenters. The van der Waals surface area contributed by atoms with Crippen LogP contribution < -0.4 is 21.1 Å². The third-order valence-corrected chi connectivity index (χ3v) is 8.94. The summed E-state index contributed by atoms with van der Waals surface area (Å²) in [5, 5.41) is 14.6. The van der Waals surface area contributed by atoms with Gasteiger partial charge in [-0.05, 0) is 75.5 Å². The van der Waals surface area contributed by atoms with Crippen LogP contribution >= 0.6 is 0 Å². The van der Waals surface area contributed by atoms with Crippen molar-refractivity contribution in [3.05, 3.63) is 29.8 Å². The van der Waals surface area contributed by atoms with Crippen molar-refractivity contribution in [3.63, 3.8) is 0 Å².